The average molecular weight is 303 g/mol. The van der Waals surface area contributed by atoms with Crippen molar-refractivity contribution in [2.24, 2.45) is 5.92 Å². The van der Waals surface area contributed by atoms with Gasteiger partial charge in [0.05, 0.1) is 25.4 Å². The summed E-state index contributed by atoms with van der Waals surface area (Å²) in [5, 5.41) is 9.16. The maximum absolute atomic E-state index is 9.16. The van der Waals surface area contributed by atoms with Crippen molar-refractivity contribution in [3.05, 3.63) is 35.9 Å². The summed E-state index contributed by atoms with van der Waals surface area (Å²) in [7, 11) is 0. The molecule has 4 nitrogen and oxygen atoms in total. The van der Waals surface area contributed by atoms with Crippen LogP contribution in [0.3, 0.4) is 0 Å². The van der Waals surface area contributed by atoms with Gasteiger partial charge in [-0.05, 0) is 25.8 Å². The van der Waals surface area contributed by atoms with Gasteiger partial charge in [-0.25, -0.2) is 0 Å². The van der Waals surface area contributed by atoms with E-state index in [-0.39, 0.29) is 12.0 Å². The van der Waals surface area contributed by atoms with Crippen LogP contribution in [0.15, 0.2) is 30.3 Å². The molecular formula is C18H25NO3. The van der Waals surface area contributed by atoms with Crippen molar-refractivity contribution in [1.82, 2.24) is 0 Å². The van der Waals surface area contributed by atoms with Crippen LogP contribution >= 0.6 is 0 Å². The van der Waals surface area contributed by atoms with Crippen molar-refractivity contribution in [3.63, 3.8) is 0 Å². The van der Waals surface area contributed by atoms with E-state index in [0.29, 0.717) is 19.6 Å². The van der Waals surface area contributed by atoms with Crippen molar-refractivity contribution < 1.29 is 14.2 Å². The lowest BCUT2D eigenvalue weighted by atomic mass is 9.94. The molecule has 4 heteroatoms. The van der Waals surface area contributed by atoms with E-state index in [1.165, 1.54) is 5.56 Å². The highest BCUT2D eigenvalue weighted by Crippen LogP contribution is 2.31. The van der Waals surface area contributed by atoms with Gasteiger partial charge in [-0.1, -0.05) is 37.3 Å². The monoisotopic (exact) mass is 303 g/mol. The van der Waals surface area contributed by atoms with Gasteiger partial charge >= 0.3 is 0 Å². The summed E-state index contributed by atoms with van der Waals surface area (Å²) in [6.45, 7) is 7.09. The molecule has 0 amide bonds. The second kappa shape index (κ2) is 7.73. The summed E-state index contributed by atoms with van der Waals surface area (Å²) in [6, 6.07) is 12.3. The van der Waals surface area contributed by atoms with Crippen LogP contribution in [0, 0.1) is 17.2 Å². The molecule has 2 rings (SSSR count). The Bertz CT molecular complexity index is 495. The van der Waals surface area contributed by atoms with Crippen LogP contribution in [0.1, 0.15) is 39.2 Å². The number of hydrogen-bond acceptors (Lipinski definition) is 4. The second-order valence-electron chi connectivity index (χ2n) is 6.20. The van der Waals surface area contributed by atoms with Gasteiger partial charge in [-0.15, -0.1) is 0 Å². The van der Waals surface area contributed by atoms with Crippen LogP contribution in [0.5, 0.6) is 0 Å². The van der Waals surface area contributed by atoms with Crippen LogP contribution in [0.25, 0.3) is 0 Å². The molecule has 1 aromatic carbocycles. The van der Waals surface area contributed by atoms with Crippen LogP contribution in [0.2, 0.25) is 0 Å². The highest BCUT2D eigenvalue weighted by atomic mass is 16.7. The first kappa shape index (κ1) is 17.0. The Morgan fingerprint density at radius 3 is 2.68 bits per heavy atom. The molecular weight excluding hydrogens is 278 g/mol. The normalized spacial score (nSPS) is 25.4. The van der Waals surface area contributed by atoms with E-state index in [2.05, 4.69) is 25.1 Å². The topological polar surface area (TPSA) is 51.5 Å². The number of rotatable bonds is 6. The zero-order valence-electron chi connectivity index (χ0n) is 13.6. The number of nitriles is 1. The van der Waals surface area contributed by atoms with E-state index in [9.17, 15) is 0 Å². The van der Waals surface area contributed by atoms with Gasteiger partial charge in [0, 0.05) is 12.3 Å². The largest absolute Gasteiger partial charge is 0.376 e. The molecule has 0 spiro atoms. The first-order valence-electron chi connectivity index (χ1n) is 7.91. The van der Waals surface area contributed by atoms with E-state index in [1.807, 2.05) is 32.0 Å². The first-order valence-corrected chi connectivity index (χ1v) is 7.91. The molecule has 1 aliphatic heterocycles. The third kappa shape index (κ3) is 4.81. The van der Waals surface area contributed by atoms with Crippen LogP contribution in [0.4, 0.5) is 0 Å². The molecule has 1 fully saturated rings. The molecule has 22 heavy (non-hydrogen) atoms. The number of nitrogens with zero attached hydrogens (tertiary/aromatic N) is 1. The van der Waals surface area contributed by atoms with E-state index in [4.69, 9.17) is 19.5 Å². The Morgan fingerprint density at radius 2 is 2.05 bits per heavy atom. The molecule has 0 aliphatic carbocycles. The molecule has 120 valence electrons. The van der Waals surface area contributed by atoms with Crippen molar-refractivity contribution in [2.75, 3.05) is 6.61 Å². The molecule has 0 saturated carbocycles. The summed E-state index contributed by atoms with van der Waals surface area (Å²) in [5.41, 5.74) is 1.17. The number of benzene rings is 1. The van der Waals surface area contributed by atoms with Gasteiger partial charge < -0.3 is 14.2 Å². The molecule has 1 aromatic rings. The van der Waals surface area contributed by atoms with E-state index >= 15 is 0 Å². The minimum absolute atomic E-state index is 0.00540. The smallest absolute Gasteiger partial charge is 0.164 e. The van der Waals surface area contributed by atoms with Crippen molar-refractivity contribution in [3.8, 4) is 6.07 Å². The van der Waals surface area contributed by atoms with Gasteiger partial charge in [0.15, 0.2) is 5.79 Å². The summed E-state index contributed by atoms with van der Waals surface area (Å²) >= 11 is 0. The quantitative estimate of drug-likeness (QED) is 0.804. The lowest BCUT2D eigenvalue weighted by Crippen LogP contribution is -2.47. The fraction of sp³-hybridized carbons (Fsp3) is 0.611. The maximum atomic E-state index is 9.16. The zero-order chi connectivity index (χ0) is 16.0. The SMILES string of the molecule is CC[C@H](COCc1ccccc1)[C@H]1CC(C#N)OC(C)(C)O1. The van der Waals surface area contributed by atoms with E-state index in [0.717, 1.165) is 6.42 Å². The Balaban J connectivity index is 1.89. The summed E-state index contributed by atoms with van der Waals surface area (Å²) in [5.74, 6) is -0.446. The van der Waals surface area contributed by atoms with Crippen LogP contribution in [-0.2, 0) is 20.8 Å². The van der Waals surface area contributed by atoms with Crippen LogP contribution in [-0.4, -0.2) is 24.6 Å². The third-order valence-electron chi connectivity index (χ3n) is 3.95. The predicted octanol–water partition coefficient (Wildman–Crippen LogP) is 3.66. The third-order valence-corrected chi connectivity index (χ3v) is 3.95. The summed E-state index contributed by atoms with van der Waals surface area (Å²) < 4.78 is 17.5. The molecule has 1 heterocycles. The predicted molar refractivity (Wildman–Crippen MR) is 83.9 cm³/mol. The van der Waals surface area contributed by atoms with Gasteiger partial charge in [-0.2, -0.15) is 5.26 Å². The average Bonchev–Trinajstić information content (AvgIpc) is 2.51. The Labute approximate surface area is 133 Å². The van der Waals surface area contributed by atoms with Crippen LogP contribution < -0.4 is 0 Å². The van der Waals surface area contributed by atoms with Gasteiger partial charge in [0.25, 0.3) is 0 Å². The first-order chi connectivity index (χ1) is 10.5. The summed E-state index contributed by atoms with van der Waals surface area (Å²) in [6.07, 6.45) is 1.15. The van der Waals surface area contributed by atoms with Gasteiger partial charge in [-0.3, -0.25) is 0 Å². The minimum Gasteiger partial charge on any atom is -0.376 e. The lowest BCUT2D eigenvalue weighted by Gasteiger charge is -2.41. The fourth-order valence-corrected chi connectivity index (χ4v) is 2.80. The fourth-order valence-electron chi connectivity index (χ4n) is 2.80. The Morgan fingerprint density at radius 1 is 1.32 bits per heavy atom. The highest BCUT2D eigenvalue weighted by molar-refractivity contribution is 5.13. The van der Waals surface area contributed by atoms with E-state index < -0.39 is 11.9 Å². The molecule has 1 aliphatic rings. The zero-order valence-corrected chi connectivity index (χ0v) is 13.6. The molecule has 1 saturated heterocycles. The molecule has 0 bridgehead atoms. The number of hydrogen-bond donors (Lipinski definition) is 0. The second-order valence-corrected chi connectivity index (χ2v) is 6.20. The summed E-state index contributed by atoms with van der Waals surface area (Å²) in [4.78, 5) is 0. The Hall–Kier alpha value is -1.41. The van der Waals surface area contributed by atoms with Gasteiger partial charge in [0.1, 0.15) is 6.10 Å². The van der Waals surface area contributed by atoms with Crippen molar-refractivity contribution in [2.45, 2.75) is 58.2 Å². The standard InChI is InChI=1S/C18H25NO3/c1-4-15(13-20-12-14-8-6-5-7-9-14)17-10-16(11-19)21-18(2,3)22-17/h5-9,15-17H,4,10,12-13H2,1-3H3/t15-,16?,17-/m1/s1. The molecule has 0 aromatic heterocycles. The molecule has 0 N–H and O–H groups in total. The number of ether oxygens (including phenoxy) is 3. The lowest BCUT2D eigenvalue weighted by molar-refractivity contribution is -0.299. The molecule has 0 radical (unpaired) electrons. The van der Waals surface area contributed by atoms with Crippen molar-refractivity contribution in [1.29, 1.82) is 5.26 Å². The minimum atomic E-state index is -0.712. The van der Waals surface area contributed by atoms with Crippen molar-refractivity contribution >= 4 is 0 Å². The molecule has 1 unspecified atom stereocenters. The van der Waals surface area contributed by atoms with E-state index in [1.54, 1.807) is 0 Å². The highest BCUT2D eigenvalue weighted by Gasteiger charge is 2.38. The maximum Gasteiger partial charge on any atom is 0.164 e. The van der Waals surface area contributed by atoms with Gasteiger partial charge in [0.2, 0.25) is 0 Å². The molecule has 3 atom stereocenters. The Kier molecular flexibility index (Phi) is 5.96.